The summed E-state index contributed by atoms with van der Waals surface area (Å²) < 4.78 is 27.2. The number of hydrogen-bond acceptors (Lipinski definition) is 7. The average Bonchev–Trinajstić information content (AvgIpc) is 2.66. The molecular weight excluding hydrogens is 376 g/mol. The van der Waals surface area contributed by atoms with Crippen molar-refractivity contribution in [2.45, 2.75) is 11.4 Å². The van der Waals surface area contributed by atoms with Crippen molar-refractivity contribution in [1.29, 1.82) is 0 Å². The number of pyridine rings is 1. The molecule has 0 aliphatic rings. The molecule has 3 aromatic rings. The monoisotopic (exact) mass is 388 g/mol. The van der Waals surface area contributed by atoms with Crippen LogP contribution < -0.4 is 4.72 Å². The maximum Gasteiger partial charge on any atom is 0.278 e. The number of nitro benzene ring substituents is 2. The van der Waals surface area contributed by atoms with Gasteiger partial charge in [-0.2, -0.15) is 0 Å². The molecule has 2 aromatic carbocycles. The Morgan fingerprint density at radius 1 is 1.00 bits per heavy atom. The van der Waals surface area contributed by atoms with E-state index in [1.54, 1.807) is 6.07 Å². The standard InChI is InChI=1S/C16H12N4O6S/c21-19(22)12-3-1-4-13(9-12)27(25,26)18-10-11-6-7-15(20(23)24)14-5-2-8-17-16(11)14/h1-9,18H,10H2. The van der Waals surface area contributed by atoms with Crippen molar-refractivity contribution in [3.8, 4) is 0 Å². The molecule has 138 valence electrons. The summed E-state index contributed by atoms with van der Waals surface area (Å²) >= 11 is 0. The van der Waals surface area contributed by atoms with Gasteiger partial charge in [0.1, 0.15) is 0 Å². The van der Waals surface area contributed by atoms with E-state index in [1.807, 2.05) is 0 Å². The summed E-state index contributed by atoms with van der Waals surface area (Å²) in [5.74, 6) is 0. The fourth-order valence-electron chi connectivity index (χ4n) is 2.54. The minimum absolute atomic E-state index is 0.136. The van der Waals surface area contributed by atoms with Gasteiger partial charge in [0.15, 0.2) is 0 Å². The third-order valence-electron chi connectivity index (χ3n) is 3.82. The van der Waals surface area contributed by atoms with E-state index in [2.05, 4.69) is 9.71 Å². The van der Waals surface area contributed by atoms with E-state index in [4.69, 9.17) is 0 Å². The highest BCUT2D eigenvalue weighted by Crippen LogP contribution is 2.27. The molecule has 3 rings (SSSR count). The number of sulfonamides is 1. The van der Waals surface area contributed by atoms with Crippen molar-refractivity contribution in [2.75, 3.05) is 0 Å². The van der Waals surface area contributed by atoms with Crippen LogP contribution >= 0.6 is 0 Å². The number of non-ortho nitro benzene ring substituents is 2. The second kappa shape index (κ2) is 7.05. The molecule has 0 amide bonds. The van der Waals surface area contributed by atoms with Crippen molar-refractivity contribution in [3.05, 3.63) is 80.5 Å². The molecule has 0 bridgehead atoms. The average molecular weight is 388 g/mol. The Bertz CT molecular complexity index is 1160. The van der Waals surface area contributed by atoms with Gasteiger partial charge in [-0.25, -0.2) is 13.1 Å². The van der Waals surface area contributed by atoms with Crippen LogP contribution in [0.3, 0.4) is 0 Å². The Kier molecular flexibility index (Phi) is 4.79. The van der Waals surface area contributed by atoms with Gasteiger partial charge < -0.3 is 0 Å². The van der Waals surface area contributed by atoms with E-state index in [-0.39, 0.29) is 28.2 Å². The van der Waals surface area contributed by atoms with Crippen LogP contribution in [0.1, 0.15) is 5.56 Å². The lowest BCUT2D eigenvalue weighted by molar-refractivity contribution is -0.385. The maximum atomic E-state index is 12.4. The largest absolute Gasteiger partial charge is 0.278 e. The van der Waals surface area contributed by atoms with E-state index in [0.717, 1.165) is 6.07 Å². The van der Waals surface area contributed by atoms with Gasteiger partial charge in [-0.05, 0) is 29.8 Å². The molecule has 0 saturated carbocycles. The molecule has 27 heavy (non-hydrogen) atoms. The third kappa shape index (κ3) is 3.73. The molecule has 0 spiro atoms. The molecule has 1 N–H and O–H groups in total. The second-order valence-electron chi connectivity index (χ2n) is 5.48. The molecule has 0 saturated heterocycles. The SMILES string of the molecule is O=[N+]([O-])c1cccc(S(=O)(=O)NCc2ccc([N+](=O)[O-])c3cccnc23)c1. The van der Waals surface area contributed by atoms with Crippen molar-refractivity contribution < 1.29 is 18.3 Å². The van der Waals surface area contributed by atoms with Crippen LogP contribution in [0.5, 0.6) is 0 Å². The summed E-state index contributed by atoms with van der Waals surface area (Å²) in [5.41, 5.74) is 0.252. The lowest BCUT2D eigenvalue weighted by atomic mass is 10.1. The van der Waals surface area contributed by atoms with Gasteiger partial charge >= 0.3 is 0 Å². The van der Waals surface area contributed by atoms with Gasteiger partial charge in [-0.15, -0.1) is 0 Å². The number of rotatable bonds is 6. The van der Waals surface area contributed by atoms with Crippen LogP contribution in [0.4, 0.5) is 11.4 Å². The molecule has 0 atom stereocenters. The fourth-order valence-corrected chi connectivity index (χ4v) is 3.58. The van der Waals surface area contributed by atoms with Crippen LogP contribution in [-0.4, -0.2) is 23.2 Å². The molecule has 11 heteroatoms. The fraction of sp³-hybridized carbons (Fsp3) is 0.0625. The summed E-state index contributed by atoms with van der Waals surface area (Å²) in [5, 5.41) is 22.2. The molecule has 0 aliphatic carbocycles. The summed E-state index contributed by atoms with van der Waals surface area (Å²) in [4.78, 5) is 24.6. The Labute approximate surface area is 152 Å². The minimum Gasteiger partial charge on any atom is -0.258 e. The van der Waals surface area contributed by atoms with E-state index in [1.165, 1.54) is 42.6 Å². The first-order valence-corrected chi connectivity index (χ1v) is 9.03. The second-order valence-corrected chi connectivity index (χ2v) is 7.25. The number of fused-ring (bicyclic) bond motifs is 1. The Morgan fingerprint density at radius 2 is 1.78 bits per heavy atom. The molecule has 0 aliphatic heterocycles. The van der Waals surface area contributed by atoms with Crippen molar-refractivity contribution in [3.63, 3.8) is 0 Å². The molecule has 10 nitrogen and oxygen atoms in total. The van der Waals surface area contributed by atoms with Crippen LogP contribution in [0, 0.1) is 20.2 Å². The first-order valence-electron chi connectivity index (χ1n) is 7.55. The van der Waals surface area contributed by atoms with E-state index >= 15 is 0 Å². The van der Waals surface area contributed by atoms with Gasteiger partial charge in [0.2, 0.25) is 10.0 Å². The number of nitro groups is 2. The van der Waals surface area contributed by atoms with Crippen molar-refractivity contribution in [1.82, 2.24) is 9.71 Å². The van der Waals surface area contributed by atoms with Crippen molar-refractivity contribution in [2.24, 2.45) is 0 Å². The van der Waals surface area contributed by atoms with E-state index in [0.29, 0.717) is 11.1 Å². The van der Waals surface area contributed by atoms with Gasteiger partial charge in [0.05, 0.1) is 25.6 Å². The smallest absolute Gasteiger partial charge is 0.258 e. The van der Waals surface area contributed by atoms with Crippen LogP contribution in [-0.2, 0) is 16.6 Å². The van der Waals surface area contributed by atoms with Gasteiger partial charge in [-0.3, -0.25) is 25.2 Å². The van der Waals surface area contributed by atoms with Crippen LogP contribution in [0.2, 0.25) is 0 Å². The highest BCUT2D eigenvalue weighted by Gasteiger charge is 2.19. The first kappa shape index (κ1) is 18.4. The third-order valence-corrected chi connectivity index (χ3v) is 5.22. The summed E-state index contributed by atoms with van der Waals surface area (Å²) in [6.07, 6.45) is 1.45. The number of nitrogens with one attached hydrogen (secondary N) is 1. The number of benzene rings is 2. The maximum absolute atomic E-state index is 12.4. The zero-order chi connectivity index (χ0) is 19.6. The molecule has 1 heterocycles. The zero-order valence-electron chi connectivity index (χ0n) is 13.6. The number of aromatic nitrogens is 1. The van der Waals surface area contributed by atoms with Gasteiger partial charge in [0.25, 0.3) is 11.4 Å². The lowest BCUT2D eigenvalue weighted by Crippen LogP contribution is -2.23. The summed E-state index contributed by atoms with van der Waals surface area (Å²) in [7, 11) is -4.03. The molecule has 0 unspecified atom stereocenters. The summed E-state index contributed by atoms with van der Waals surface area (Å²) in [6, 6.07) is 10.4. The highest BCUT2D eigenvalue weighted by atomic mass is 32.2. The quantitative estimate of drug-likeness (QED) is 0.504. The number of hydrogen-bond donors (Lipinski definition) is 1. The highest BCUT2D eigenvalue weighted by molar-refractivity contribution is 7.89. The Balaban J connectivity index is 1.93. The van der Waals surface area contributed by atoms with Gasteiger partial charge in [0, 0.05) is 30.9 Å². The van der Waals surface area contributed by atoms with Crippen LogP contribution in [0.25, 0.3) is 10.9 Å². The molecule has 0 radical (unpaired) electrons. The number of nitrogens with zero attached hydrogens (tertiary/aromatic N) is 3. The van der Waals surface area contributed by atoms with E-state index < -0.39 is 19.9 Å². The lowest BCUT2D eigenvalue weighted by Gasteiger charge is -2.09. The molecular formula is C16H12N4O6S. The zero-order valence-corrected chi connectivity index (χ0v) is 14.4. The van der Waals surface area contributed by atoms with E-state index in [9.17, 15) is 28.6 Å². The Morgan fingerprint density at radius 3 is 2.48 bits per heavy atom. The van der Waals surface area contributed by atoms with Crippen molar-refractivity contribution >= 4 is 32.3 Å². The minimum atomic E-state index is -4.03. The normalized spacial score (nSPS) is 11.4. The Hall–Kier alpha value is -3.44. The first-order chi connectivity index (χ1) is 12.8. The van der Waals surface area contributed by atoms with Gasteiger partial charge in [-0.1, -0.05) is 6.07 Å². The van der Waals surface area contributed by atoms with Crippen LogP contribution in [0.15, 0.2) is 59.6 Å². The predicted molar refractivity (Wildman–Crippen MR) is 95.5 cm³/mol. The topological polar surface area (TPSA) is 145 Å². The predicted octanol–water partition coefficient (Wildman–Crippen LogP) is 2.53. The molecule has 1 aromatic heterocycles. The summed E-state index contributed by atoms with van der Waals surface area (Å²) in [6.45, 7) is -0.184. The molecule has 0 fully saturated rings.